The molecular weight excluding hydrogens is 413 g/mol. The summed E-state index contributed by atoms with van der Waals surface area (Å²) in [6, 6.07) is 4.83. The second-order valence-electron chi connectivity index (χ2n) is 6.49. The van der Waals surface area contributed by atoms with Crippen LogP contribution < -0.4 is 4.90 Å². The molecule has 140 valence electrons. The van der Waals surface area contributed by atoms with Crippen molar-refractivity contribution in [1.29, 1.82) is 0 Å². The van der Waals surface area contributed by atoms with Crippen LogP contribution in [0.5, 0.6) is 0 Å². The van der Waals surface area contributed by atoms with Gasteiger partial charge in [-0.2, -0.15) is 0 Å². The van der Waals surface area contributed by atoms with Gasteiger partial charge in [0.1, 0.15) is 17.4 Å². The van der Waals surface area contributed by atoms with Gasteiger partial charge < -0.3 is 14.2 Å². The molecule has 1 aromatic carbocycles. The predicted molar refractivity (Wildman–Crippen MR) is 105 cm³/mol. The van der Waals surface area contributed by atoms with E-state index in [0.717, 1.165) is 35.7 Å². The number of fused-ring (bicyclic) bond motifs is 2. The number of carbonyl (C=O) groups is 1. The Morgan fingerprint density at radius 2 is 2.11 bits per heavy atom. The van der Waals surface area contributed by atoms with Crippen LogP contribution in [0.3, 0.4) is 0 Å². The molecule has 1 amide bonds. The van der Waals surface area contributed by atoms with E-state index in [2.05, 4.69) is 28.1 Å². The van der Waals surface area contributed by atoms with E-state index < -0.39 is 0 Å². The summed E-state index contributed by atoms with van der Waals surface area (Å²) in [7, 11) is 1.65. The van der Waals surface area contributed by atoms with Crippen LogP contribution in [0.25, 0.3) is 5.57 Å². The van der Waals surface area contributed by atoms with E-state index in [1.54, 1.807) is 24.1 Å². The number of rotatable bonds is 3. The molecule has 1 aliphatic carbocycles. The summed E-state index contributed by atoms with van der Waals surface area (Å²) in [6.07, 6.45) is 7.94. The van der Waals surface area contributed by atoms with Crippen molar-refractivity contribution in [3.05, 3.63) is 65.2 Å². The Balaban J connectivity index is 1.80. The topological polar surface area (TPSA) is 47.4 Å². The highest BCUT2D eigenvalue weighted by Gasteiger charge is 2.27. The molecule has 4 rings (SSSR count). The maximum absolute atomic E-state index is 14.5. The lowest BCUT2D eigenvalue weighted by molar-refractivity contribution is -0.116. The van der Waals surface area contributed by atoms with Gasteiger partial charge in [-0.25, -0.2) is 9.37 Å². The Labute approximate surface area is 165 Å². The van der Waals surface area contributed by atoms with E-state index in [-0.39, 0.29) is 17.1 Å². The lowest BCUT2D eigenvalue weighted by Crippen LogP contribution is -2.31. The fourth-order valence-corrected chi connectivity index (χ4v) is 3.87. The first-order valence-corrected chi connectivity index (χ1v) is 9.89. The van der Waals surface area contributed by atoms with E-state index in [0.29, 0.717) is 24.3 Å². The molecule has 2 aliphatic rings. The van der Waals surface area contributed by atoms with Crippen molar-refractivity contribution in [2.24, 2.45) is 0 Å². The molecule has 0 spiro atoms. The summed E-state index contributed by atoms with van der Waals surface area (Å²) in [5.41, 5.74) is 2.82. The predicted octanol–water partition coefficient (Wildman–Crippen LogP) is 4.02. The lowest BCUT2D eigenvalue weighted by Gasteiger charge is -2.21. The minimum absolute atomic E-state index is 0.130. The molecule has 0 saturated carbocycles. The number of benzene rings is 1. The van der Waals surface area contributed by atoms with Crippen LogP contribution in [0, 0.1) is 5.82 Å². The Morgan fingerprint density at radius 3 is 2.89 bits per heavy atom. The van der Waals surface area contributed by atoms with Crippen molar-refractivity contribution in [2.75, 3.05) is 17.3 Å². The van der Waals surface area contributed by atoms with E-state index in [1.807, 2.05) is 10.8 Å². The van der Waals surface area contributed by atoms with E-state index >= 15 is 0 Å². The molecule has 2 aromatic rings. The smallest absolute Gasteiger partial charge is 0.238 e. The summed E-state index contributed by atoms with van der Waals surface area (Å²) in [5, 5.41) is 0.165. The van der Waals surface area contributed by atoms with Gasteiger partial charge in [0.05, 0.1) is 36.9 Å². The number of halogens is 2. The van der Waals surface area contributed by atoms with Gasteiger partial charge in [0.25, 0.3) is 0 Å². The third-order valence-corrected chi connectivity index (χ3v) is 5.37. The van der Waals surface area contributed by atoms with Crippen LogP contribution in [0.15, 0.2) is 42.3 Å². The number of allylic oxidation sites excluding steroid dienone is 3. The number of carbonyl (C=O) groups excluding carboxylic acids is 1. The number of ether oxygens (including phenoxy) is 1. The molecule has 0 N–H and O–H groups in total. The first kappa shape index (κ1) is 18.0. The lowest BCUT2D eigenvalue weighted by atomic mass is 10.0. The minimum Gasteiger partial charge on any atom is -0.496 e. The summed E-state index contributed by atoms with van der Waals surface area (Å²) in [4.78, 5) is 18.8. The molecule has 0 radical (unpaired) electrons. The summed E-state index contributed by atoms with van der Waals surface area (Å²) < 4.78 is 21.9. The summed E-state index contributed by atoms with van der Waals surface area (Å²) >= 11 is 3.23. The van der Waals surface area contributed by atoms with Gasteiger partial charge >= 0.3 is 0 Å². The van der Waals surface area contributed by atoms with Crippen LogP contribution in [0.2, 0.25) is 0 Å². The Morgan fingerprint density at radius 1 is 1.30 bits per heavy atom. The van der Waals surface area contributed by atoms with Gasteiger partial charge in [-0.05, 0) is 31.1 Å². The highest BCUT2D eigenvalue weighted by molar-refractivity contribution is 9.09. The number of hydrogen-bond donors (Lipinski definition) is 0. The molecule has 7 heteroatoms. The average Bonchev–Trinajstić information content (AvgIpc) is 3.02. The SMILES string of the molecule is COC1=CCCC=C1c1cn2c(n1)CN(C(=O)CBr)c1cccc(F)c1C2. The number of imidazole rings is 1. The first-order valence-electron chi connectivity index (χ1n) is 8.77. The van der Waals surface area contributed by atoms with E-state index in [9.17, 15) is 9.18 Å². The summed E-state index contributed by atoms with van der Waals surface area (Å²) in [6.45, 7) is 0.621. The third kappa shape index (κ3) is 3.20. The van der Waals surface area contributed by atoms with Crippen LogP contribution >= 0.6 is 15.9 Å². The van der Waals surface area contributed by atoms with Crippen molar-refractivity contribution >= 4 is 33.1 Å². The van der Waals surface area contributed by atoms with Gasteiger partial charge in [0.15, 0.2) is 0 Å². The van der Waals surface area contributed by atoms with Gasteiger partial charge in [-0.15, -0.1) is 0 Å². The Hall–Kier alpha value is -2.41. The standard InChI is InChI=1S/C20H19BrFN3O2/c1-27-18-8-3-2-5-13(18)16-11-24-10-14-15(22)6-4-7-17(14)25(20(26)9-21)12-19(24)23-16/h4-8,11H,2-3,9-10,12H2,1H3. The maximum atomic E-state index is 14.5. The zero-order chi connectivity index (χ0) is 19.0. The van der Waals surface area contributed by atoms with Gasteiger partial charge in [0.2, 0.25) is 5.91 Å². The second-order valence-corrected chi connectivity index (χ2v) is 7.05. The Kier molecular flexibility index (Phi) is 4.86. The van der Waals surface area contributed by atoms with Crippen LogP contribution in [-0.4, -0.2) is 27.9 Å². The van der Waals surface area contributed by atoms with Crippen LogP contribution in [0.4, 0.5) is 10.1 Å². The highest BCUT2D eigenvalue weighted by atomic mass is 79.9. The molecule has 1 aliphatic heterocycles. The molecule has 0 saturated heterocycles. The number of alkyl halides is 1. The number of aromatic nitrogens is 2. The molecule has 0 atom stereocenters. The number of anilines is 1. The largest absolute Gasteiger partial charge is 0.496 e. The molecule has 27 heavy (non-hydrogen) atoms. The van der Waals surface area contributed by atoms with Gasteiger partial charge in [-0.3, -0.25) is 4.79 Å². The number of methoxy groups -OCH3 is 1. The molecule has 0 bridgehead atoms. The number of nitrogens with zero attached hydrogens (tertiary/aromatic N) is 3. The van der Waals surface area contributed by atoms with Crippen LogP contribution in [-0.2, 0) is 22.6 Å². The van der Waals surface area contributed by atoms with Crippen molar-refractivity contribution in [3.63, 3.8) is 0 Å². The molecule has 0 unspecified atom stereocenters. The monoisotopic (exact) mass is 431 g/mol. The third-order valence-electron chi connectivity index (χ3n) is 4.89. The molecule has 0 fully saturated rings. The number of hydrogen-bond acceptors (Lipinski definition) is 3. The van der Waals surface area contributed by atoms with Crippen LogP contribution in [0.1, 0.15) is 29.9 Å². The normalized spacial score (nSPS) is 16.0. The van der Waals surface area contributed by atoms with Crippen molar-refractivity contribution in [2.45, 2.75) is 25.9 Å². The number of amides is 1. The van der Waals surface area contributed by atoms with E-state index in [1.165, 1.54) is 6.07 Å². The summed E-state index contributed by atoms with van der Waals surface area (Å²) in [5.74, 6) is 1.07. The fraction of sp³-hybridized carbons (Fsp3) is 0.300. The maximum Gasteiger partial charge on any atom is 0.238 e. The van der Waals surface area contributed by atoms with Crippen molar-refractivity contribution < 1.29 is 13.9 Å². The minimum atomic E-state index is -0.322. The van der Waals surface area contributed by atoms with Crippen molar-refractivity contribution in [3.8, 4) is 0 Å². The fourth-order valence-electron chi connectivity index (χ4n) is 3.57. The molecule has 5 nitrogen and oxygen atoms in total. The highest BCUT2D eigenvalue weighted by Crippen LogP contribution is 2.33. The van der Waals surface area contributed by atoms with Gasteiger partial charge in [-0.1, -0.05) is 28.1 Å². The molecular formula is C20H19BrFN3O2. The zero-order valence-corrected chi connectivity index (χ0v) is 16.5. The Bertz CT molecular complexity index is 964. The average molecular weight is 432 g/mol. The van der Waals surface area contributed by atoms with Gasteiger partial charge in [0, 0.05) is 17.3 Å². The first-order chi connectivity index (χ1) is 13.1. The zero-order valence-electron chi connectivity index (χ0n) is 14.9. The molecule has 2 heterocycles. The van der Waals surface area contributed by atoms with E-state index in [4.69, 9.17) is 9.72 Å². The quantitative estimate of drug-likeness (QED) is 0.689. The second kappa shape index (κ2) is 7.31. The molecule has 1 aromatic heterocycles. The van der Waals surface area contributed by atoms with Crippen molar-refractivity contribution in [1.82, 2.24) is 9.55 Å².